The summed E-state index contributed by atoms with van der Waals surface area (Å²) in [7, 11) is 0. The zero-order chi connectivity index (χ0) is 98.2. The van der Waals surface area contributed by atoms with Crippen LogP contribution < -0.4 is 28.9 Å². The van der Waals surface area contributed by atoms with Gasteiger partial charge in [0.05, 0.1) is 45.3 Å². The number of alkyl halides is 6. The Kier molecular flexibility index (Phi) is 27.6. The molecule has 20 aromatic rings. The second kappa shape index (κ2) is 40.0. The van der Waals surface area contributed by atoms with Crippen LogP contribution in [0.25, 0.3) is 87.2 Å². The van der Waals surface area contributed by atoms with Gasteiger partial charge in [-0.2, -0.15) is 26.3 Å². The predicted molar refractivity (Wildman–Crippen MR) is 569 cm³/mol. The molecule has 706 valence electrons. The maximum absolute atomic E-state index is 13.0. The van der Waals surface area contributed by atoms with Gasteiger partial charge in [-0.05, 0) is 301 Å². The number of nitrogens with zero attached hydrogens (tertiary/aromatic N) is 7. The van der Waals surface area contributed by atoms with E-state index in [-0.39, 0.29) is 12.1 Å². The summed E-state index contributed by atoms with van der Waals surface area (Å²) in [6, 6.07) is 119. The van der Waals surface area contributed by atoms with Gasteiger partial charge >= 0.3 is 12.4 Å². The van der Waals surface area contributed by atoms with Crippen molar-refractivity contribution in [1.29, 1.82) is 0 Å². The molecule has 16 heteroatoms. The summed E-state index contributed by atoms with van der Waals surface area (Å²) in [5.74, 6) is 6.36. The highest BCUT2D eigenvalue weighted by molar-refractivity contribution is 6.12. The third-order valence-electron chi connectivity index (χ3n) is 25.8. The van der Waals surface area contributed by atoms with E-state index in [1.807, 2.05) is 161 Å². The average molecular weight is 1860 g/mol. The lowest BCUT2D eigenvalue weighted by atomic mass is 9.98. The van der Waals surface area contributed by atoms with E-state index in [2.05, 4.69) is 312 Å². The molecule has 3 aliphatic rings. The zero-order valence-electron chi connectivity index (χ0n) is 82.2. The van der Waals surface area contributed by atoms with Crippen LogP contribution in [0.4, 0.5) is 71.8 Å². The highest BCUT2D eigenvalue weighted by Crippen LogP contribution is 2.55. The molecule has 0 N–H and O–H groups in total. The van der Waals surface area contributed by atoms with E-state index in [9.17, 15) is 26.3 Å². The molecule has 23 rings (SSSR count). The van der Waals surface area contributed by atoms with Crippen LogP contribution in [0.5, 0.6) is 34.5 Å². The number of rotatable bonds is 9. The van der Waals surface area contributed by atoms with Gasteiger partial charge in [-0.15, -0.1) is 0 Å². The smallest absolute Gasteiger partial charge is 0.416 e. The minimum Gasteiger partial charge on any atom is -0.453 e. The largest absolute Gasteiger partial charge is 0.453 e. The van der Waals surface area contributed by atoms with Crippen molar-refractivity contribution in [2.45, 2.75) is 179 Å². The fourth-order valence-corrected chi connectivity index (χ4v) is 19.5. The number of para-hydroxylation sites is 13. The van der Waals surface area contributed by atoms with Crippen LogP contribution in [0, 0.1) is 27.7 Å². The van der Waals surface area contributed by atoms with Crippen LogP contribution in [0.3, 0.4) is 0 Å². The molecule has 4 aromatic heterocycles. The Balaban J connectivity index is 0.000000112. The number of ether oxygens (including phenoxy) is 3. The molecule has 16 aromatic carbocycles. The van der Waals surface area contributed by atoms with E-state index in [0.717, 1.165) is 136 Å². The molecule has 7 heterocycles. The van der Waals surface area contributed by atoms with Gasteiger partial charge in [-0.1, -0.05) is 221 Å². The maximum atomic E-state index is 13.0. The Morgan fingerprint density at radius 1 is 0.223 bits per heavy atom. The van der Waals surface area contributed by atoms with Crippen molar-refractivity contribution >= 4 is 133 Å². The minimum atomic E-state index is -4.32. The monoisotopic (exact) mass is 1860 g/mol. The summed E-state index contributed by atoms with van der Waals surface area (Å²) in [5, 5.41) is 8.86. The van der Waals surface area contributed by atoms with Gasteiger partial charge in [0, 0.05) is 129 Å². The number of hydrogen-bond acceptors (Lipinski definition) is 6. The lowest BCUT2D eigenvalue weighted by Gasteiger charge is -2.35. The first-order chi connectivity index (χ1) is 66.7. The third kappa shape index (κ3) is 19.5. The Morgan fingerprint density at radius 3 is 1.01 bits per heavy atom. The number of halogens is 6. The molecular formula is C123H119F6N7O3. The van der Waals surface area contributed by atoms with Crippen molar-refractivity contribution in [1.82, 2.24) is 18.3 Å². The van der Waals surface area contributed by atoms with Gasteiger partial charge < -0.3 is 47.2 Å². The van der Waals surface area contributed by atoms with Crippen molar-refractivity contribution in [2.24, 2.45) is 0 Å². The maximum Gasteiger partial charge on any atom is 0.416 e. The van der Waals surface area contributed by atoms with Gasteiger partial charge in [-0.3, -0.25) is 0 Å². The quantitative estimate of drug-likeness (QED) is 0.134. The van der Waals surface area contributed by atoms with E-state index in [4.69, 9.17) is 14.2 Å². The first-order valence-electron chi connectivity index (χ1n) is 48.1. The van der Waals surface area contributed by atoms with Gasteiger partial charge in [0.2, 0.25) is 0 Å². The summed E-state index contributed by atoms with van der Waals surface area (Å²) in [4.78, 5) is 6.90. The molecule has 0 saturated carbocycles. The Morgan fingerprint density at radius 2 is 0.547 bits per heavy atom. The van der Waals surface area contributed by atoms with E-state index in [1.165, 1.54) is 78.0 Å². The van der Waals surface area contributed by atoms with E-state index in [0.29, 0.717) is 40.9 Å². The standard InChI is InChI=1S/2C21H19NO.2C17H16F3N.2C16H17N.C15H15NO/c1-15(2)17-11-8-14-20-21(17)22(16-9-4-3-5-10-16)18-12-6-7-13-19(18)23-20;1-15(2)16-12-13-21-19(14-16)22(17-8-4-3-5-9-17)18-10-6-7-11-20(18)23-21;1-10(2)21-15-6-4-11(3)8-13(15)14-9-12(17(18,19)20)5-7-16(14)21;1-10(2)21-15-8-11(3)4-6-13(15)14-7-5-12(9-16(14)21)17(18,19)20;1-11(2)17-15-7-5-4-6-13(15)14-10-12(3)8-9-16(14)17;1-11(2)17-15-7-5-4-6-13(15)14-9-8-12(3)10-16(14)17;1-11(2)16-12-7-3-5-9-14(12)17-15-10-6-4-8-13(15)16/h2*3-15H,1-2H3;2*4-10H,1-3H3;2*4-11H,1-3H3;3-11H,1-2H3. The molecule has 10 nitrogen and oxygen atoms in total. The fraction of sp³-hybridized carbons (Fsp3) is 0.220. The minimum absolute atomic E-state index is 0.0929. The van der Waals surface area contributed by atoms with Gasteiger partial charge in [0.15, 0.2) is 34.5 Å². The molecule has 0 atom stereocenters. The Bertz CT molecular complexity index is 7800. The molecule has 0 aliphatic carbocycles. The second-order valence-corrected chi connectivity index (χ2v) is 38.1. The SMILES string of the molecule is CC(C)N1c2ccccc2Oc2ccccc21.CC(C)c1ccc2c(c1)N(c1ccccc1)c1ccccc1O2.CC(C)c1cccc2c1N(c1ccccc1)c1ccccc1O2.Cc1ccc2c(c1)c1cc(C(F)(F)F)ccc1n2C(C)C.Cc1ccc2c(c1)c1ccccc1n2C(C)C.Cc1ccc2c3ccc(C(F)(F)F)cc3n(C(C)C)c2c1.Cc1ccc2c3ccccc3n(C(C)C)c2c1. The lowest BCUT2D eigenvalue weighted by molar-refractivity contribution is -0.138. The van der Waals surface area contributed by atoms with Crippen molar-refractivity contribution < 1.29 is 40.6 Å². The highest BCUT2D eigenvalue weighted by Gasteiger charge is 2.35. The number of aromatic nitrogens is 4. The average Bonchev–Trinajstić information content (AvgIpc) is 1.48. The molecular weight excluding hydrogens is 1740 g/mol. The Hall–Kier alpha value is -14.9. The number of hydrogen-bond donors (Lipinski definition) is 0. The molecule has 0 unspecified atom stereocenters. The normalized spacial score (nSPS) is 12.5. The molecule has 139 heavy (non-hydrogen) atoms. The lowest BCUT2D eigenvalue weighted by Crippen LogP contribution is -2.28. The molecule has 0 amide bonds. The molecule has 0 bridgehead atoms. The van der Waals surface area contributed by atoms with Gasteiger partial charge in [0.25, 0.3) is 0 Å². The van der Waals surface area contributed by atoms with E-state index >= 15 is 0 Å². The van der Waals surface area contributed by atoms with Gasteiger partial charge in [0.1, 0.15) is 0 Å². The number of anilines is 8. The first-order valence-corrected chi connectivity index (χ1v) is 48.1. The molecule has 0 fully saturated rings. The summed E-state index contributed by atoms with van der Waals surface area (Å²) < 4.78 is 105. The van der Waals surface area contributed by atoms with Crippen LogP contribution in [0.1, 0.15) is 177 Å². The first kappa shape index (κ1) is 95.8. The molecule has 3 aliphatic heterocycles. The summed E-state index contributed by atoms with van der Waals surface area (Å²) in [6.07, 6.45) is -8.63. The van der Waals surface area contributed by atoms with E-state index in [1.54, 1.807) is 12.1 Å². The Labute approximate surface area is 811 Å². The van der Waals surface area contributed by atoms with Crippen LogP contribution in [-0.4, -0.2) is 24.3 Å². The van der Waals surface area contributed by atoms with Crippen molar-refractivity contribution in [3.8, 4) is 34.5 Å². The molecule has 0 saturated heterocycles. The van der Waals surface area contributed by atoms with Gasteiger partial charge in [-0.25, -0.2) is 0 Å². The van der Waals surface area contributed by atoms with Crippen LogP contribution in [0.2, 0.25) is 0 Å². The topological polar surface area (TPSA) is 57.1 Å². The fourth-order valence-electron chi connectivity index (χ4n) is 19.5. The van der Waals surface area contributed by atoms with Crippen molar-refractivity contribution in [3.63, 3.8) is 0 Å². The van der Waals surface area contributed by atoms with Crippen LogP contribution in [-0.2, 0) is 12.4 Å². The van der Waals surface area contributed by atoms with Crippen LogP contribution in [0.15, 0.2) is 352 Å². The number of benzene rings is 16. The number of aryl methyl sites for hydroxylation is 4. The summed E-state index contributed by atoms with van der Waals surface area (Å²) in [6.45, 7) is 38.5. The summed E-state index contributed by atoms with van der Waals surface area (Å²) in [5.41, 5.74) is 24.0. The number of fused-ring (bicyclic) bond motifs is 18. The second-order valence-electron chi connectivity index (χ2n) is 38.1. The van der Waals surface area contributed by atoms with Crippen molar-refractivity contribution in [2.75, 3.05) is 14.7 Å². The van der Waals surface area contributed by atoms with Crippen LogP contribution >= 0.6 is 0 Å². The molecule has 0 radical (unpaired) electrons. The third-order valence-corrected chi connectivity index (χ3v) is 25.8. The zero-order valence-corrected chi connectivity index (χ0v) is 82.2. The molecule has 0 spiro atoms. The summed E-state index contributed by atoms with van der Waals surface area (Å²) >= 11 is 0. The predicted octanol–water partition coefficient (Wildman–Crippen LogP) is 37.9. The highest BCUT2D eigenvalue weighted by atomic mass is 19.4. The van der Waals surface area contributed by atoms with E-state index < -0.39 is 23.5 Å². The van der Waals surface area contributed by atoms with Crippen molar-refractivity contribution in [3.05, 3.63) is 396 Å².